The van der Waals surface area contributed by atoms with Crippen molar-refractivity contribution in [2.45, 2.75) is 13.8 Å². The summed E-state index contributed by atoms with van der Waals surface area (Å²) in [4.78, 5) is 0. The highest BCUT2D eigenvalue weighted by Gasteiger charge is 2.37. The molecule has 0 fully saturated rings. The topological polar surface area (TPSA) is 24.7 Å². The van der Waals surface area contributed by atoms with E-state index in [1.165, 1.54) is 10.8 Å². The molecule has 3 aromatic carbocycles. The fourth-order valence-electron chi connectivity index (χ4n) is 3.23. The lowest BCUT2D eigenvalue weighted by atomic mass is 9.77. The molecule has 2 nitrogen and oxygen atoms in total. The van der Waals surface area contributed by atoms with Crippen LogP contribution in [0, 0.1) is 5.41 Å². The van der Waals surface area contributed by atoms with E-state index < -0.39 is 0 Å². The molecule has 1 heterocycles. The van der Waals surface area contributed by atoms with Crippen LogP contribution in [0.2, 0.25) is 0 Å². The summed E-state index contributed by atoms with van der Waals surface area (Å²) in [7, 11) is 0. The van der Waals surface area contributed by atoms with Crippen LogP contribution in [0.15, 0.2) is 83.0 Å². The van der Waals surface area contributed by atoms with Crippen molar-refractivity contribution in [3.8, 4) is 0 Å². The molecule has 0 bridgehead atoms. The Bertz CT molecular complexity index is 934. The molecule has 3 aromatic rings. The summed E-state index contributed by atoms with van der Waals surface area (Å²) < 4.78 is 0. The first-order valence-corrected chi connectivity index (χ1v) is 7.87. The van der Waals surface area contributed by atoms with Gasteiger partial charge in [0.15, 0.2) is 0 Å². The maximum Gasteiger partial charge on any atom is 0.0819 e. The van der Waals surface area contributed by atoms with Crippen molar-refractivity contribution in [2.24, 2.45) is 15.6 Å². The normalized spacial score (nSPS) is 16.3. The van der Waals surface area contributed by atoms with E-state index in [1.54, 1.807) is 0 Å². The highest BCUT2D eigenvalue weighted by molar-refractivity contribution is 6.25. The Morgan fingerprint density at radius 2 is 1.22 bits per heavy atom. The van der Waals surface area contributed by atoms with Crippen molar-refractivity contribution in [3.05, 3.63) is 83.9 Å². The third kappa shape index (κ3) is 2.27. The van der Waals surface area contributed by atoms with Crippen molar-refractivity contribution < 1.29 is 0 Å². The van der Waals surface area contributed by atoms with E-state index >= 15 is 0 Å². The van der Waals surface area contributed by atoms with Gasteiger partial charge in [-0.2, -0.15) is 10.2 Å². The molecule has 0 atom stereocenters. The molecule has 0 amide bonds. The summed E-state index contributed by atoms with van der Waals surface area (Å²) in [6, 6.07) is 25.2. The first-order chi connectivity index (χ1) is 11.2. The molecular weight excluding hydrogens is 280 g/mol. The van der Waals surface area contributed by atoms with Gasteiger partial charge in [-0.05, 0) is 41.8 Å². The van der Waals surface area contributed by atoms with E-state index in [9.17, 15) is 0 Å². The van der Waals surface area contributed by atoms with Crippen LogP contribution in [0.4, 0.5) is 0 Å². The lowest BCUT2D eigenvalue weighted by molar-refractivity contribution is 0.745. The smallest absolute Gasteiger partial charge is 0.0819 e. The zero-order valence-electron chi connectivity index (χ0n) is 13.3. The quantitative estimate of drug-likeness (QED) is 0.631. The fraction of sp³-hybridized carbons (Fsp3) is 0.143. The second kappa shape index (κ2) is 5.17. The van der Waals surface area contributed by atoms with E-state index in [0.29, 0.717) is 0 Å². The van der Waals surface area contributed by atoms with Crippen LogP contribution in [0.1, 0.15) is 25.0 Å². The van der Waals surface area contributed by atoms with Crippen LogP contribution in [0.5, 0.6) is 0 Å². The van der Waals surface area contributed by atoms with E-state index in [1.807, 2.05) is 18.2 Å². The molecule has 1 aliphatic heterocycles. The first-order valence-electron chi connectivity index (χ1n) is 7.87. The van der Waals surface area contributed by atoms with Gasteiger partial charge >= 0.3 is 0 Å². The molecule has 4 rings (SSSR count). The third-order valence-corrected chi connectivity index (χ3v) is 4.50. The van der Waals surface area contributed by atoms with Gasteiger partial charge in [0.2, 0.25) is 0 Å². The molecule has 0 spiro atoms. The molecule has 0 N–H and O–H groups in total. The van der Waals surface area contributed by atoms with Gasteiger partial charge in [0.05, 0.1) is 16.8 Å². The molecule has 0 aromatic heterocycles. The van der Waals surface area contributed by atoms with E-state index in [-0.39, 0.29) is 5.41 Å². The second-order valence-electron chi connectivity index (χ2n) is 6.45. The number of hydrogen-bond acceptors (Lipinski definition) is 2. The first kappa shape index (κ1) is 13.9. The number of fused-ring (bicyclic) bond motifs is 1. The van der Waals surface area contributed by atoms with Crippen molar-refractivity contribution in [1.29, 1.82) is 0 Å². The van der Waals surface area contributed by atoms with E-state index in [2.05, 4.69) is 78.6 Å². The Morgan fingerprint density at radius 1 is 0.609 bits per heavy atom. The second-order valence-corrected chi connectivity index (χ2v) is 6.45. The lowest BCUT2D eigenvalue weighted by Gasteiger charge is -2.23. The summed E-state index contributed by atoms with van der Waals surface area (Å²) in [6.45, 7) is 4.39. The summed E-state index contributed by atoms with van der Waals surface area (Å²) in [5, 5.41) is 11.5. The van der Waals surface area contributed by atoms with Crippen molar-refractivity contribution in [3.63, 3.8) is 0 Å². The molecule has 0 unspecified atom stereocenters. The molecule has 1 aliphatic rings. The van der Waals surface area contributed by atoms with Crippen LogP contribution in [-0.2, 0) is 0 Å². The molecule has 2 heteroatoms. The fourth-order valence-corrected chi connectivity index (χ4v) is 3.23. The average Bonchev–Trinajstić information content (AvgIpc) is 2.90. The minimum atomic E-state index is -0.205. The highest BCUT2D eigenvalue weighted by atomic mass is 15.2. The molecule has 0 saturated heterocycles. The number of hydrogen-bond donors (Lipinski definition) is 0. The Hall–Kier alpha value is -2.74. The SMILES string of the molecule is CC1(C)C(c2ccccc2)=NN=C1c1ccc2ccccc2c1. The summed E-state index contributed by atoms with van der Waals surface area (Å²) in [5.41, 5.74) is 4.13. The maximum atomic E-state index is 4.53. The summed E-state index contributed by atoms with van der Waals surface area (Å²) >= 11 is 0. The monoisotopic (exact) mass is 298 g/mol. The van der Waals surface area contributed by atoms with E-state index in [0.717, 1.165) is 22.6 Å². The van der Waals surface area contributed by atoms with Crippen molar-refractivity contribution in [1.82, 2.24) is 0 Å². The molecule has 23 heavy (non-hydrogen) atoms. The minimum Gasteiger partial charge on any atom is -0.154 e. The minimum absolute atomic E-state index is 0.205. The number of nitrogens with zero attached hydrogens (tertiary/aromatic N) is 2. The summed E-state index contributed by atoms with van der Waals surface area (Å²) in [6.07, 6.45) is 0. The summed E-state index contributed by atoms with van der Waals surface area (Å²) in [5.74, 6) is 0. The van der Waals surface area contributed by atoms with Crippen LogP contribution in [0.3, 0.4) is 0 Å². The molecule has 0 radical (unpaired) electrons. The zero-order chi connectivity index (χ0) is 15.9. The molecule has 112 valence electrons. The Kier molecular flexibility index (Phi) is 3.12. The number of rotatable bonds is 2. The van der Waals surface area contributed by atoms with Gasteiger partial charge in [-0.1, -0.05) is 66.7 Å². The van der Waals surface area contributed by atoms with Crippen LogP contribution in [-0.4, -0.2) is 11.4 Å². The van der Waals surface area contributed by atoms with Crippen LogP contribution in [0.25, 0.3) is 10.8 Å². The van der Waals surface area contributed by atoms with Gasteiger partial charge < -0.3 is 0 Å². The molecular formula is C21H18N2. The Balaban J connectivity index is 1.76. The Labute approximate surface area is 136 Å². The van der Waals surface area contributed by atoms with Crippen LogP contribution < -0.4 is 0 Å². The van der Waals surface area contributed by atoms with Gasteiger partial charge in [0.1, 0.15) is 0 Å². The molecule has 0 saturated carbocycles. The number of benzene rings is 3. The zero-order valence-corrected chi connectivity index (χ0v) is 13.3. The average molecular weight is 298 g/mol. The standard InChI is InChI=1S/C21H18N2/c1-21(2)19(16-9-4-3-5-10-16)22-23-20(21)18-13-12-15-8-6-7-11-17(15)14-18/h3-14H,1-2H3. The van der Waals surface area contributed by atoms with Gasteiger partial charge in [0, 0.05) is 0 Å². The van der Waals surface area contributed by atoms with Crippen molar-refractivity contribution >= 4 is 22.2 Å². The third-order valence-electron chi connectivity index (χ3n) is 4.50. The predicted octanol–water partition coefficient (Wildman–Crippen LogP) is 5.07. The van der Waals surface area contributed by atoms with Crippen molar-refractivity contribution in [2.75, 3.05) is 0 Å². The van der Waals surface area contributed by atoms with E-state index in [4.69, 9.17) is 0 Å². The van der Waals surface area contributed by atoms with Gasteiger partial charge in [-0.15, -0.1) is 0 Å². The molecule has 0 aliphatic carbocycles. The largest absolute Gasteiger partial charge is 0.154 e. The maximum absolute atomic E-state index is 4.53. The highest BCUT2D eigenvalue weighted by Crippen LogP contribution is 2.33. The lowest BCUT2D eigenvalue weighted by Crippen LogP contribution is -2.31. The van der Waals surface area contributed by atoms with Crippen LogP contribution >= 0.6 is 0 Å². The van der Waals surface area contributed by atoms with Gasteiger partial charge in [-0.25, -0.2) is 0 Å². The Morgan fingerprint density at radius 3 is 1.96 bits per heavy atom. The van der Waals surface area contributed by atoms with Gasteiger partial charge in [0.25, 0.3) is 0 Å². The van der Waals surface area contributed by atoms with Gasteiger partial charge in [-0.3, -0.25) is 0 Å². The predicted molar refractivity (Wildman–Crippen MR) is 97.2 cm³/mol.